The molecule has 1 fully saturated rings. The predicted molar refractivity (Wildman–Crippen MR) is 84.6 cm³/mol. The fourth-order valence-electron chi connectivity index (χ4n) is 3.08. The van der Waals surface area contributed by atoms with Crippen molar-refractivity contribution >= 4 is 17.2 Å². The molecule has 0 bridgehead atoms. The van der Waals surface area contributed by atoms with Crippen molar-refractivity contribution in [2.24, 2.45) is 7.05 Å². The molecular weight excluding hydrogens is 278 g/mol. The molecule has 0 unspecified atom stereocenters. The normalized spacial score (nSPS) is 16.7. The van der Waals surface area contributed by atoms with Gasteiger partial charge in [0, 0.05) is 33.0 Å². The summed E-state index contributed by atoms with van der Waals surface area (Å²) in [6.45, 7) is 7.48. The SMILES string of the molecule is CC(=O)N1CCC(c2nc3ncc(C(C)C)nc3n2C)CC1. The Bertz CT molecular complexity index is 698. The van der Waals surface area contributed by atoms with E-state index in [1.54, 1.807) is 6.92 Å². The molecule has 0 spiro atoms. The van der Waals surface area contributed by atoms with Crippen LogP contribution in [0.4, 0.5) is 0 Å². The minimum absolute atomic E-state index is 0.161. The van der Waals surface area contributed by atoms with Crippen LogP contribution in [0.15, 0.2) is 6.20 Å². The van der Waals surface area contributed by atoms with Crippen molar-refractivity contribution < 1.29 is 4.79 Å². The molecule has 3 rings (SSSR count). The Balaban J connectivity index is 1.89. The van der Waals surface area contributed by atoms with Crippen LogP contribution in [-0.2, 0) is 11.8 Å². The third kappa shape index (κ3) is 2.58. The molecule has 1 saturated heterocycles. The number of hydrogen-bond acceptors (Lipinski definition) is 4. The number of fused-ring (bicyclic) bond motifs is 1. The standard InChI is InChI=1S/C16H23N5O/c1-10(2)13-9-17-14-16(18-13)20(4)15(19-14)12-5-7-21(8-6-12)11(3)22/h9-10,12H,5-8H2,1-4H3. The maximum atomic E-state index is 11.4. The maximum absolute atomic E-state index is 11.4. The number of rotatable bonds is 2. The summed E-state index contributed by atoms with van der Waals surface area (Å²) in [6.07, 6.45) is 3.73. The molecule has 22 heavy (non-hydrogen) atoms. The lowest BCUT2D eigenvalue weighted by Crippen LogP contribution is -2.36. The summed E-state index contributed by atoms with van der Waals surface area (Å²) in [5.41, 5.74) is 2.57. The van der Waals surface area contributed by atoms with Crippen LogP contribution in [-0.4, -0.2) is 43.4 Å². The zero-order chi connectivity index (χ0) is 15.9. The zero-order valence-electron chi connectivity index (χ0n) is 13.7. The summed E-state index contributed by atoms with van der Waals surface area (Å²) in [4.78, 5) is 27.2. The number of hydrogen-bond donors (Lipinski definition) is 0. The van der Waals surface area contributed by atoms with E-state index in [-0.39, 0.29) is 5.91 Å². The number of carbonyl (C=O) groups excluding carboxylic acids is 1. The first-order valence-electron chi connectivity index (χ1n) is 7.92. The highest BCUT2D eigenvalue weighted by atomic mass is 16.2. The van der Waals surface area contributed by atoms with Gasteiger partial charge in [0.15, 0.2) is 11.3 Å². The molecule has 3 heterocycles. The number of nitrogens with zero attached hydrogens (tertiary/aromatic N) is 5. The number of piperidine rings is 1. The summed E-state index contributed by atoms with van der Waals surface area (Å²) >= 11 is 0. The second-order valence-electron chi connectivity index (χ2n) is 6.41. The van der Waals surface area contributed by atoms with E-state index in [1.807, 2.05) is 18.1 Å². The van der Waals surface area contributed by atoms with Gasteiger partial charge < -0.3 is 9.47 Å². The van der Waals surface area contributed by atoms with Crippen LogP contribution in [0.1, 0.15) is 57.0 Å². The number of amides is 1. The molecule has 0 aliphatic carbocycles. The molecule has 0 saturated carbocycles. The molecule has 0 atom stereocenters. The first-order chi connectivity index (χ1) is 10.5. The minimum atomic E-state index is 0.161. The Kier molecular flexibility index (Phi) is 3.85. The monoisotopic (exact) mass is 301 g/mol. The van der Waals surface area contributed by atoms with Crippen molar-refractivity contribution in [2.45, 2.75) is 45.4 Å². The van der Waals surface area contributed by atoms with Gasteiger partial charge in [-0.15, -0.1) is 0 Å². The highest BCUT2D eigenvalue weighted by molar-refractivity contribution is 5.73. The van der Waals surface area contributed by atoms with Crippen molar-refractivity contribution in [3.8, 4) is 0 Å². The molecule has 6 nitrogen and oxygen atoms in total. The molecule has 2 aromatic heterocycles. The summed E-state index contributed by atoms with van der Waals surface area (Å²) in [5.74, 6) is 1.93. The van der Waals surface area contributed by atoms with E-state index in [2.05, 4.69) is 23.4 Å². The number of carbonyl (C=O) groups is 1. The summed E-state index contributed by atoms with van der Waals surface area (Å²) < 4.78 is 2.07. The zero-order valence-corrected chi connectivity index (χ0v) is 13.7. The molecule has 6 heteroatoms. The average Bonchev–Trinajstić information content (AvgIpc) is 2.84. The summed E-state index contributed by atoms with van der Waals surface area (Å²) in [5, 5.41) is 0. The first kappa shape index (κ1) is 14.9. The molecule has 0 aromatic carbocycles. The van der Waals surface area contributed by atoms with Crippen LogP contribution in [0.25, 0.3) is 11.3 Å². The number of aryl methyl sites for hydroxylation is 1. The molecular formula is C16H23N5O. The van der Waals surface area contributed by atoms with Crippen LogP contribution in [0, 0.1) is 0 Å². The van der Waals surface area contributed by atoms with Crippen LogP contribution in [0.5, 0.6) is 0 Å². The van der Waals surface area contributed by atoms with Crippen molar-refractivity contribution in [3.05, 3.63) is 17.7 Å². The van der Waals surface area contributed by atoms with E-state index >= 15 is 0 Å². The molecule has 1 amide bonds. The molecule has 118 valence electrons. The highest BCUT2D eigenvalue weighted by Crippen LogP contribution is 2.29. The lowest BCUT2D eigenvalue weighted by atomic mass is 9.96. The van der Waals surface area contributed by atoms with Gasteiger partial charge in [0.05, 0.1) is 11.9 Å². The molecule has 1 aliphatic heterocycles. The van der Waals surface area contributed by atoms with Crippen LogP contribution in [0.2, 0.25) is 0 Å². The topological polar surface area (TPSA) is 63.9 Å². The molecule has 1 aliphatic rings. The van der Waals surface area contributed by atoms with Gasteiger partial charge in [-0.2, -0.15) is 0 Å². The Morgan fingerprint density at radius 2 is 1.95 bits per heavy atom. The third-order valence-electron chi connectivity index (χ3n) is 4.53. The van der Waals surface area contributed by atoms with Gasteiger partial charge in [-0.3, -0.25) is 4.79 Å². The van der Waals surface area contributed by atoms with Crippen molar-refractivity contribution in [2.75, 3.05) is 13.1 Å². The quantitative estimate of drug-likeness (QED) is 0.853. The summed E-state index contributed by atoms with van der Waals surface area (Å²) in [7, 11) is 2.01. The fourth-order valence-corrected chi connectivity index (χ4v) is 3.08. The van der Waals surface area contributed by atoms with Gasteiger partial charge in [-0.05, 0) is 18.8 Å². The lowest BCUT2D eigenvalue weighted by molar-refractivity contribution is -0.129. The first-order valence-corrected chi connectivity index (χ1v) is 7.92. The molecule has 2 aromatic rings. The Morgan fingerprint density at radius 1 is 1.27 bits per heavy atom. The lowest BCUT2D eigenvalue weighted by Gasteiger charge is -2.30. The number of likely N-dealkylation sites (tertiary alicyclic amines) is 1. The van der Waals surface area contributed by atoms with E-state index in [0.717, 1.165) is 48.7 Å². The average molecular weight is 301 g/mol. The maximum Gasteiger partial charge on any atom is 0.219 e. The van der Waals surface area contributed by atoms with E-state index in [9.17, 15) is 4.79 Å². The van der Waals surface area contributed by atoms with Crippen LogP contribution >= 0.6 is 0 Å². The third-order valence-corrected chi connectivity index (χ3v) is 4.53. The van der Waals surface area contributed by atoms with Gasteiger partial charge in [-0.1, -0.05) is 13.8 Å². The van der Waals surface area contributed by atoms with Crippen molar-refractivity contribution in [3.63, 3.8) is 0 Å². The molecule has 0 N–H and O–H groups in total. The van der Waals surface area contributed by atoms with E-state index in [0.29, 0.717) is 11.8 Å². The number of aromatic nitrogens is 4. The summed E-state index contributed by atoms with van der Waals surface area (Å²) in [6, 6.07) is 0. The molecule has 0 radical (unpaired) electrons. The van der Waals surface area contributed by atoms with Crippen LogP contribution in [0.3, 0.4) is 0 Å². The van der Waals surface area contributed by atoms with Crippen molar-refractivity contribution in [1.82, 2.24) is 24.4 Å². The van der Waals surface area contributed by atoms with Crippen LogP contribution < -0.4 is 0 Å². The fraction of sp³-hybridized carbons (Fsp3) is 0.625. The van der Waals surface area contributed by atoms with Gasteiger partial charge in [0.2, 0.25) is 5.91 Å². The second kappa shape index (κ2) is 5.66. The van der Waals surface area contributed by atoms with E-state index < -0.39 is 0 Å². The smallest absolute Gasteiger partial charge is 0.219 e. The van der Waals surface area contributed by atoms with Gasteiger partial charge in [-0.25, -0.2) is 15.0 Å². The van der Waals surface area contributed by atoms with E-state index in [4.69, 9.17) is 9.97 Å². The Hall–Kier alpha value is -1.98. The van der Waals surface area contributed by atoms with Gasteiger partial charge in [0.25, 0.3) is 0 Å². The van der Waals surface area contributed by atoms with Gasteiger partial charge in [0.1, 0.15) is 5.82 Å². The van der Waals surface area contributed by atoms with Gasteiger partial charge >= 0.3 is 0 Å². The van der Waals surface area contributed by atoms with Crippen molar-refractivity contribution in [1.29, 1.82) is 0 Å². The second-order valence-corrected chi connectivity index (χ2v) is 6.41. The Labute approximate surface area is 130 Å². The van der Waals surface area contributed by atoms with E-state index in [1.165, 1.54) is 0 Å². The highest BCUT2D eigenvalue weighted by Gasteiger charge is 2.26. The minimum Gasteiger partial charge on any atom is -0.343 e. The number of imidazole rings is 1. The Morgan fingerprint density at radius 3 is 2.55 bits per heavy atom. The predicted octanol–water partition coefficient (Wildman–Crippen LogP) is 2.21. The largest absolute Gasteiger partial charge is 0.343 e.